The van der Waals surface area contributed by atoms with Crippen molar-refractivity contribution in [3.8, 4) is 5.95 Å². The van der Waals surface area contributed by atoms with Crippen LogP contribution < -0.4 is 22.8 Å². The van der Waals surface area contributed by atoms with E-state index in [9.17, 15) is 29.2 Å². The number of aromatic nitrogens is 4. The summed E-state index contributed by atoms with van der Waals surface area (Å²) in [5.74, 6) is -1.85. The smallest absolute Gasteiger partial charge is 0.469 e. The van der Waals surface area contributed by atoms with Gasteiger partial charge in [0.2, 0.25) is 11.9 Å². The average molecular weight is 593 g/mol. The number of fused-ring (bicyclic) bond motifs is 1. The lowest BCUT2D eigenvalue weighted by Crippen LogP contribution is -2.33. The Morgan fingerprint density at radius 1 is 1.27 bits per heavy atom. The summed E-state index contributed by atoms with van der Waals surface area (Å²) in [6.45, 7) is -0.651. The highest BCUT2D eigenvalue weighted by Crippen LogP contribution is 2.38. The molecule has 20 nitrogen and oxygen atoms in total. The summed E-state index contributed by atoms with van der Waals surface area (Å²) in [5, 5.41) is 36.6. The van der Waals surface area contributed by atoms with Crippen molar-refractivity contribution in [2.45, 2.75) is 43.4 Å². The number of ether oxygens (including phenoxy) is 1. The quantitative estimate of drug-likeness (QED) is 0.117. The Bertz CT molecular complexity index is 1370. The topological polar surface area (TPSA) is 346 Å². The lowest BCUT2D eigenvalue weighted by molar-refractivity contribution is -0.138. The van der Waals surface area contributed by atoms with Crippen molar-refractivity contribution in [3.63, 3.8) is 0 Å². The summed E-state index contributed by atoms with van der Waals surface area (Å²) in [7, 11) is -4.76. The first-order chi connectivity index (χ1) is 18.6. The number of carbonyl (C=O) groups excluding carboxylic acids is 1. The number of carboxylic acids is 1. The van der Waals surface area contributed by atoms with Crippen LogP contribution in [0.5, 0.6) is 5.95 Å². The molecule has 0 saturated carbocycles. The number of carbonyl (C=O) groups is 2. The third-order valence-electron chi connectivity index (χ3n) is 4.99. The molecular formula is C19H28N7O13P. The second kappa shape index (κ2) is 14.0. The number of hydrogen-bond donors (Lipinski definition) is 10. The fourth-order valence-corrected chi connectivity index (χ4v) is 3.43. The highest BCUT2D eigenvalue weighted by atomic mass is 31.2. The number of carboxylic acid groups (broad SMARTS) is 1. The molecule has 5 atom stereocenters. The number of aliphatic carboxylic acids is 1. The average Bonchev–Trinajstić information content (AvgIpc) is 3.57. The Labute approximate surface area is 223 Å². The summed E-state index contributed by atoms with van der Waals surface area (Å²) in [5.41, 5.74) is 14.7. The maximum Gasteiger partial charge on any atom is 0.469 e. The monoisotopic (exact) mass is 593 g/mol. The van der Waals surface area contributed by atoms with Gasteiger partial charge in [0.1, 0.15) is 24.4 Å². The van der Waals surface area contributed by atoms with Gasteiger partial charge in [-0.05, 0) is 12.5 Å². The normalized spacial score (nSPS) is 21.1. The number of H-pyrrole nitrogens is 1. The molecular weight excluding hydrogens is 565 g/mol. The molecule has 222 valence electrons. The standard InChI is InChI=1S/C10H14N5O8P.C5H10N2O3.C4H4O2/c11-10-13-7-4(8(18)14-10)12-2-15(7)9-6(17)5(16)3(23-9)1-22-24(19,20)21;6-3(5(9)10)1-2-4(7)8;5-4-2-1-3-6-4/h2-3,5-6,9,16-17H,1H2,(H2,19,20,21)(H3,11,13,14,18);3H,1-2,6H2,(H2,7,8)(H,9,10);1-3,5H/t3-,5-,6-,9-;3-;/m10./s1. The van der Waals surface area contributed by atoms with Crippen LogP contribution >= 0.6 is 7.82 Å². The molecule has 0 aliphatic carbocycles. The Morgan fingerprint density at radius 2 is 1.95 bits per heavy atom. The largest absolute Gasteiger partial charge is 0.481 e. The molecule has 21 heteroatoms. The van der Waals surface area contributed by atoms with Crippen molar-refractivity contribution < 1.29 is 58.0 Å². The van der Waals surface area contributed by atoms with Crippen molar-refractivity contribution in [2.75, 3.05) is 12.3 Å². The number of aromatic amines is 1. The molecule has 1 amide bonds. The van der Waals surface area contributed by atoms with Gasteiger partial charge in [-0.2, -0.15) is 4.98 Å². The Hall–Kier alpha value is -3.88. The molecule has 0 unspecified atom stereocenters. The molecule has 0 spiro atoms. The van der Waals surface area contributed by atoms with Gasteiger partial charge in [-0.15, -0.1) is 0 Å². The minimum atomic E-state index is -4.76. The number of phosphoric acid groups is 1. The van der Waals surface area contributed by atoms with E-state index in [2.05, 4.69) is 23.9 Å². The minimum absolute atomic E-state index is 0.0176. The highest BCUT2D eigenvalue weighted by molar-refractivity contribution is 7.46. The predicted molar refractivity (Wildman–Crippen MR) is 131 cm³/mol. The Balaban J connectivity index is 0.000000287. The number of rotatable bonds is 8. The van der Waals surface area contributed by atoms with Gasteiger partial charge in [-0.3, -0.25) is 28.5 Å². The van der Waals surface area contributed by atoms with Gasteiger partial charge in [-0.1, -0.05) is 0 Å². The number of nitrogens with zero attached hydrogens (tertiary/aromatic N) is 3. The van der Waals surface area contributed by atoms with Crippen molar-refractivity contribution in [2.24, 2.45) is 11.5 Å². The van der Waals surface area contributed by atoms with Gasteiger partial charge in [0.25, 0.3) is 11.5 Å². The molecule has 3 aromatic rings. The van der Waals surface area contributed by atoms with Crippen LogP contribution in [0.3, 0.4) is 0 Å². The second-order valence-corrected chi connectivity index (χ2v) is 9.25. The third-order valence-corrected chi connectivity index (χ3v) is 5.48. The highest BCUT2D eigenvalue weighted by Gasteiger charge is 2.45. The molecule has 13 N–H and O–H groups in total. The number of imidazole rings is 1. The zero-order chi connectivity index (χ0) is 30.2. The molecule has 40 heavy (non-hydrogen) atoms. The lowest BCUT2D eigenvalue weighted by atomic mass is 10.1. The molecule has 1 aliphatic rings. The predicted octanol–water partition coefficient (Wildman–Crippen LogP) is -2.92. The van der Waals surface area contributed by atoms with E-state index in [4.69, 9.17) is 41.9 Å². The van der Waals surface area contributed by atoms with E-state index < -0.39 is 62.4 Å². The van der Waals surface area contributed by atoms with Gasteiger partial charge < -0.3 is 56.6 Å². The number of aliphatic hydroxyl groups excluding tert-OH is 2. The molecule has 4 heterocycles. The van der Waals surface area contributed by atoms with Crippen LogP contribution in [0.25, 0.3) is 11.2 Å². The maximum atomic E-state index is 11.7. The van der Waals surface area contributed by atoms with Crippen LogP contribution in [0, 0.1) is 0 Å². The van der Waals surface area contributed by atoms with Crippen molar-refractivity contribution in [1.29, 1.82) is 0 Å². The minimum Gasteiger partial charge on any atom is -0.481 e. The van der Waals surface area contributed by atoms with Crippen molar-refractivity contribution in [3.05, 3.63) is 35.1 Å². The first-order valence-electron chi connectivity index (χ1n) is 11.0. The summed E-state index contributed by atoms with van der Waals surface area (Å²) >= 11 is 0. The van der Waals surface area contributed by atoms with Crippen molar-refractivity contribution in [1.82, 2.24) is 19.5 Å². The Kier molecular flexibility index (Phi) is 11.3. The van der Waals surface area contributed by atoms with Gasteiger partial charge in [0, 0.05) is 12.5 Å². The summed E-state index contributed by atoms with van der Waals surface area (Å²) in [6.07, 6.45) is -2.68. The fraction of sp³-hybridized carbons (Fsp3) is 0.421. The number of aromatic hydroxyl groups is 1. The number of amides is 1. The van der Waals surface area contributed by atoms with Gasteiger partial charge in [0.05, 0.1) is 19.2 Å². The number of anilines is 1. The number of nitrogens with one attached hydrogen (secondary N) is 1. The number of aliphatic hydroxyl groups is 2. The number of hydrogen-bond acceptors (Lipinski definition) is 14. The van der Waals surface area contributed by atoms with Crippen LogP contribution in [0.4, 0.5) is 5.95 Å². The van der Waals surface area contributed by atoms with E-state index in [0.29, 0.717) is 0 Å². The lowest BCUT2D eigenvalue weighted by Gasteiger charge is -2.16. The number of phosphoric ester groups is 1. The molecule has 1 saturated heterocycles. The van der Waals surface area contributed by atoms with E-state index in [0.717, 1.165) is 0 Å². The molecule has 3 aromatic heterocycles. The van der Waals surface area contributed by atoms with E-state index in [1.807, 2.05) is 0 Å². The molecule has 0 aromatic carbocycles. The van der Waals surface area contributed by atoms with E-state index >= 15 is 0 Å². The molecule has 1 fully saturated rings. The first kappa shape index (κ1) is 32.3. The van der Waals surface area contributed by atoms with Gasteiger partial charge in [0.15, 0.2) is 17.4 Å². The summed E-state index contributed by atoms with van der Waals surface area (Å²) in [6, 6.07) is 2.11. The van der Waals surface area contributed by atoms with Crippen LogP contribution in [0.2, 0.25) is 0 Å². The third kappa shape index (κ3) is 9.39. The number of primary amides is 1. The summed E-state index contributed by atoms with van der Waals surface area (Å²) in [4.78, 5) is 59.3. The van der Waals surface area contributed by atoms with Crippen LogP contribution in [-0.2, 0) is 23.4 Å². The van der Waals surface area contributed by atoms with E-state index in [-0.39, 0.29) is 35.9 Å². The Morgan fingerprint density at radius 3 is 2.45 bits per heavy atom. The zero-order valence-corrected chi connectivity index (χ0v) is 21.3. The van der Waals surface area contributed by atoms with Crippen molar-refractivity contribution >= 4 is 36.8 Å². The number of furan rings is 1. The zero-order valence-electron chi connectivity index (χ0n) is 20.4. The number of nitrogens with two attached hydrogens (primary N) is 3. The van der Waals surface area contributed by atoms with Gasteiger partial charge in [-0.25, -0.2) is 9.55 Å². The van der Waals surface area contributed by atoms with E-state index in [1.54, 1.807) is 6.07 Å². The second-order valence-electron chi connectivity index (χ2n) is 8.01. The molecule has 0 bridgehead atoms. The summed E-state index contributed by atoms with van der Waals surface area (Å²) < 4.78 is 26.0. The van der Waals surface area contributed by atoms with Gasteiger partial charge >= 0.3 is 13.8 Å². The SMILES string of the molecule is NC(=O)CC[C@H](N)C(=O)O.Nc1nc2c(ncn2[C@@H]2O[C@H](COP(=O)(O)O)[C@@H](O)[C@H]2O)c(=O)[nH]1.Oc1ccco1. The first-order valence-corrected chi connectivity index (χ1v) is 12.6. The molecule has 4 rings (SSSR count). The van der Waals surface area contributed by atoms with Crippen LogP contribution in [-0.4, -0.2) is 92.6 Å². The number of nitrogen functional groups attached to an aromatic ring is 1. The van der Waals surface area contributed by atoms with Crippen LogP contribution in [0.1, 0.15) is 19.1 Å². The van der Waals surface area contributed by atoms with E-state index in [1.165, 1.54) is 23.2 Å². The molecule has 1 aliphatic heterocycles. The van der Waals surface area contributed by atoms with Crippen LogP contribution in [0.15, 0.2) is 33.9 Å². The maximum absolute atomic E-state index is 11.7. The molecule has 0 radical (unpaired) electrons. The fourth-order valence-electron chi connectivity index (χ4n) is 3.09.